The summed E-state index contributed by atoms with van der Waals surface area (Å²) in [5, 5.41) is 0.522. The van der Waals surface area contributed by atoms with Gasteiger partial charge in [-0.15, -0.1) is 0 Å². The number of carbonyl (C=O) groups is 1. The maximum Gasteiger partial charge on any atom is 0.262 e. The largest absolute Gasteiger partial charge is 0.385 e. The zero-order valence-corrected chi connectivity index (χ0v) is 19.1. The summed E-state index contributed by atoms with van der Waals surface area (Å²) in [6, 6.07) is 9.22. The minimum Gasteiger partial charge on any atom is -0.385 e. The summed E-state index contributed by atoms with van der Waals surface area (Å²) in [7, 11) is 1.63. The van der Waals surface area contributed by atoms with E-state index < -0.39 is 0 Å². The van der Waals surface area contributed by atoms with Crippen LogP contribution in [0.3, 0.4) is 0 Å². The van der Waals surface area contributed by atoms with Gasteiger partial charge in [0.25, 0.3) is 11.5 Å². The summed E-state index contributed by atoms with van der Waals surface area (Å²) in [5.41, 5.74) is 2.10. The fourth-order valence-corrected chi connectivity index (χ4v) is 4.69. The number of aromatic nitrogens is 3. The Morgan fingerprint density at radius 1 is 1.22 bits per heavy atom. The topological polar surface area (TPSA) is 80.2 Å². The summed E-state index contributed by atoms with van der Waals surface area (Å²) in [4.78, 5) is 35.7. The van der Waals surface area contributed by atoms with Crippen molar-refractivity contribution in [2.45, 2.75) is 44.7 Å². The van der Waals surface area contributed by atoms with Crippen molar-refractivity contribution < 1.29 is 9.53 Å². The summed E-state index contributed by atoms with van der Waals surface area (Å²) in [6.45, 7) is 1.75. The first-order valence-electron chi connectivity index (χ1n) is 11.1. The van der Waals surface area contributed by atoms with E-state index in [0.717, 1.165) is 31.2 Å². The van der Waals surface area contributed by atoms with Crippen LogP contribution in [0.1, 0.15) is 54.1 Å². The molecule has 7 nitrogen and oxygen atoms in total. The van der Waals surface area contributed by atoms with Crippen molar-refractivity contribution in [1.82, 2.24) is 19.4 Å². The molecule has 1 unspecified atom stereocenters. The predicted molar refractivity (Wildman–Crippen MR) is 126 cm³/mol. The number of rotatable bonds is 6. The van der Waals surface area contributed by atoms with Crippen LogP contribution in [0.25, 0.3) is 10.9 Å². The van der Waals surface area contributed by atoms with Crippen molar-refractivity contribution in [3.63, 3.8) is 0 Å². The number of fused-ring (bicyclic) bond motifs is 1. The van der Waals surface area contributed by atoms with Gasteiger partial charge in [0.15, 0.2) is 4.77 Å². The van der Waals surface area contributed by atoms with Crippen LogP contribution in [0.5, 0.6) is 0 Å². The Balaban J connectivity index is 1.67. The molecule has 1 aliphatic heterocycles. The quantitative estimate of drug-likeness (QED) is 0.447. The lowest BCUT2D eigenvalue weighted by Crippen LogP contribution is -2.35. The van der Waals surface area contributed by atoms with Crippen LogP contribution in [0.4, 0.5) is 0 Å². The number of hydrogen-bond acceptors (Lipinski definition) is 5. The highest BCUT2D eigenvalue weighted by atomic mass is 32.1. The normalized spacial score (nSPS) is 16.8. The lowest BCUT2D eigenvalue weighted by Gasteiger charge is -2.30. The number of nitrogens with one attached hydrogen (secondary N) is 1. The average molecular weight is 453 g/mol. The van der Waals surface area contributed by atoms with Gasteiger partial charge in [0, 0.05) is 44.8 Å². The summed E-state index contributed by atoms with van der Waals surface area (Å²) < 4.78 is 6.98. The smallest absolute Gasteiger partial charge is 0.262 e. The summed E-state index contributed by atoms with van der Waals surface area (Å²) >= 11 is 5.42. The molecule has 3 heterocycles. The van der Waals surface area contributed by atoms with E-state index in [9.17, 15) is 9.59 Å². The number of methoxy groups -OCH3 is 1. The molecule has 8 heteroatoms. The minimum absolute atomic E-state index is 0.0241. The van der Waals surface area contributed by atoms with E-state index in [-0.39, 0.29) is 17.5 Å². The van der Waals surface area contributed by atoms with Gasteiger partial charge in [-0.05, 0) is 67.4 Å². The van der Waals surface area contributed by atoms with Gasteiger partial charge in [-0.2, -0.15) is 0 Å². The molecule has 1 aromatic carbocycles. The Bertz CT molecular complexity index is 1210. The van der Waals surface area contributed by atoms with E-state index in [2.05, 4.69) is 9.97 Å². The Hall–Kier alpha value is -2.84. The van der Waals surface area contributed by atoms with Gasteiger partial charge in [0.1, 0.15) is 0 Å². The standard InChI is InChI=1S/C24H28N4O3S/c1-31-15-5-14-28-23(30)19-8-7-18(16-20(19)26-24(28)32)22(29)27-13-4-2-3-6-21(27)17-9-11-25-12-10-17/h7-12,16,21H,2-6,13-15H2,1H3,(H,26,32). The lowest BCUT2D eigenvalue weighted by atomic mass is 10.0. The molecule has 32 heavy (non-hydrogen) atoms. The van der Waals surface area contributed by atoms with Crippen LogP contribution < -0.4 is 5.56 Å². The molecule has 1 fully saturated rings. The first kappa shape index (κ1) is 22.4. The number of benzene rings is 1. The van der Waals surface area contributed by atoms with Crippen molar-refractivity contribution in [3.8, 4) is 0 Å². The molecule has 1 aliphatic rings. The van der Waals surface area contributed by atoms with E-state index in [1.807, 2.05) is 17.0 Å². The Kier molecular flexibility index (Phi) is 7.12. The van der Waals surface area contributed by atoms with Crippen LogP contribution in [0.15, 0.2) is 47.5 Å². The fourth-order valence-electron chi connectivity index (χ4n) is 4.41. The first-order chi connectivity index (χ1) is 15.6. The molecule has 0 bridgehead atoms. The second-order valence-electron chi connectivity index (χ2n) is 8.14. The van der Waals surface area contributed by atoms with E-state index >= 15 is 0 Å². The number of hydrogen-bond donors (Lipinski definition) is 1. The van der Waals surface area contributed by atoms with Crippen molar-refractivity contribution in [1.29, 1.82) is 0 Å². The molecule has 0 saturated carbocycles. The van der Waals surface area contributed by atoms with Crippen LogP contribution in [-0.4, -0.2) is 45.6 Å². The number of nitrogens with zero attached hydrogens (tertiary/aromatic N) is 3. The average Bonchev–Trinajstić information content (AvgIpc) is 3.07. The Morgan fingerprint density at radius 3 is 2.81 bits per heavy atom. The molecule has 3 aromatic rings. The molecule has 1 amide bonds. The number of carbonyl (C=O) groups excluding carboxylic acids is 1. The van der Waals surface area contributed by atoms with Gasteiger partial charge in [0.05, 0.1) is 16.9 Å². The molecule has 1 saturated heterocycles. The van der Waals surface area contributed by atoms with Crippen LogP contribution in [-0.2, 0) is 11.3 Å². The maximum atomic E-state index is 13.6. The summed E-state index contributed by atoms with van der Waals surface area (Å²) in [6.07, 6.45) is 8.35. The van der Waals surface area contributed by atoms with E-state index in [1.54, 1.807) is 42.3 Å². The molecular formula is C24H28N4O3S. The molecule has 0 aliphatic carbocycles. The van der Waals surface area contributed by atoms with Crippen molar-refractivity contribution >= 4 is 29.0 Å². The maximum absolute atomic E-state index is 13.6. The zero-order valence-electron chi connectivity index (χ0n) is 18.3. The molecule has 168 valence electrons. The third-order valence-electron chi connectivity index (χ3n) is 6.06. The molecule has 2 aromatic heterocycles. The third kappa shape index (κ3) is 4.66. The zero-order chi connectivity index (χ0) is 22.5. The van der Waals surface area contributed by atoms with E-state index in [0.29, 0.717) is 47.4 Å². The van der Waals surface area contributed by atoms with Gasteiger partial charge >= 0.3 is 0 Å². The number of H-pyrrole nitrogens is 1. The first-order valence-corrected chi connectivity index (χ1v) is 11.5. The molecule has 0 radical (unpaired) electrons. The number of aromatic amines is 1. The molecule has 1 atom stereocenters. The SMILES string of the molecule is COCCCn1c(=S)[nH]c2cc(C(=O)N3CCCCCC3c3ccncc3)ccc2c1=O. The van der Waals surface area contributed by atoms with Gasteiger partial charge in [-0.1, -0.05) is 12.8 Å². The van der Waals surface area contributed by atoms with E-state index in [1.165, 1.54) is 0 Å². The highest BCUT2D eigenvalue weighted by Gasteiger charge is 2.27. The fraction of sp³-hybridized carbons (Fsp3) is 0.417. The predicted octanol–water partition coefficient (Wildman–Crippen LogP) is 4.25. The number of pyridine rings is 1. The van der Waals surface area contributed by atoms with Crippen LogP contribution in [0.2, 0.25) is 0 Å². The number of amides is 1. The molecule has 0 spiro atoms. The van der Waals surface area contributed by atoms with Crippen molar-refractivity contribution in [3.05, 3.63) is 69.0 Å². The molecular weight excluding hydrogens is 424 g/mol. The van der Waals surface area contributed by atoms with E-state index in [4.69, 9.17) is 17.0 Å². The van der Waals surface area contributed by atoms with Crippen molar-refractivity contribution in [2.24, 2.45) is 0 Å². The second-order valence-corrected chi connectivity index (χ2v) is 8.52. The van der Waals surface area contributed by atoms with Gasteiger partial charge in [-0.3, -0.25) is 19.1 Å². The summed E-state index contributed by atoms with van der Waals surface area (Å²) in [5.74, 6) is -0.0285. The molecule has 4 rings (SSSR count). The highest BCUT2D eigenvalue weighted by molar-refractivity contribution is 7.71. The monoisotopic (exact) mass is 452 g/mol. The highest BCUT2D eigenvalue weighted by Crippen LogP contribution is 2.31. The Labute approximate surface area is 192 Å². The van der Waals surface area contributed by atoms with Gasteiger partial charge in [-0.25, -0.2) is 0 Å². The van der Waals surface area contributed by atoms with Crippen molar-refractivity contribution in [2.75, 3.05) is 20.3 Å². The second kappa shape index (κ2) is 10.2. The molecule has 1 N–H and O–H groups in total. The van der Waals surface area contributed by atoms with Crippen LogP contribution in [0, 0.1) is 4.77 Å². The van der Waals surface area contributed by atoms with Gasteiger partial charge < -0.3 is 14.6 Å². The minimum atomic E-state index is -0.150. The third-order valence-corrected chi connectivity index (χ3v) is 6.39. The number of likely N-dealkylation sites (tertiary alicyclic amines) is 1. The number of ether oxygens (including phenoxy) is 1. The Morgan fingerprint density at radius 2 is 2.03 bits per heavy atom. The van der Waals surface area contributed by atoms with Gasteiger partial charge in [0.2, 0.25) is 0 Å². The van der Waals surface area contributed by atoms with Crippen LogP contribution >= 0.6 is 12.2 Å². The lowest BCUT2D eigenvalue weighted by molar-refractivity contribution is 0.0681.